The second kappa shape index (κ2) is 14.3. The highest BCUT2D eigenvalue weighted by molar-refractivity contribution is 6.01. The minimum absolute atomic E-state index is 0.00114. The van der Waals surface area contributed by atoms with E-state index in [0.29, 0.717) is 19.3 Å². The maximum absolute atomic E-state index is 13.3. The van der Waals surface area contributed by atoms with Crippen LogP contribution in [0, 0.1) is 11.8 Å². The fraction of sp³-hybridized carbons (Fsp3) is 0.593. The molecule has 1 saturated heterocycles. The molecule has 0 bridgehead atoms. The molecule has 1 aromatic rings. The van der Waals surface area contributed by atoms with Gasteiger partial charge in [0.2, 0.25) is 6.41 Å². The summed E-state index contributed by atoms with van der Waals surface area (Å²) in [4.78, 5) is 62.7. The largest absolute Gasteiger partial charge is 0.505 e. The van der Waals surface area contributed by atoms with Gasteiger partial charge in [-0.05, 0) is 38.3 Å². The molecule has 0 aromatic heterocycles. The summed E-state index contributed by atoms with van der Waals surface area (Å²) >= 11 is 0. The first-order valence-electron chi connectivity index (χ1n) is 12.9. The van der Waals surface area contributed by atoms with Crippen LogP contribution in [0.1, 0.15) is 77.1 Å². The molecule has 1 aliphatic rings. The van der Waals surface area contributed by atoms with Crippen molar-refractivity contribution in [1.82, 2.24) is 5.32 Å². The lowest BCUT2D eigenvalue weighted by Gasteiger charge is -2.29. The van der Waals surface area contributed by atoms with E-state index in [-0.39, 0.29) is 23.6 Å². The molecule has 2 amide bonds. The first-order chi connectivity index (χ1) is 18.0. The second-order valence-electron chi connectivity index (χ2n) is 9.85. The smallest absolute Gasteiger partial charge is 0.332 e. The van der Waals surface area contributed by atoms with E-state index in [1.807, 2.05) is 20.8 Å². The third-order valence-electron chi connectivity index (χ3n) is 6.23. The number of unbranched alkanes of at least 4 members (excludes halogenated alkanes) is 2. The molecule has 2 rings (SSSR count). The lowest BCUT2D eigenvalue weighted by molar-refractivity contribution is -0.175. The number of phenols is 1. The van der Waals surface area contributed by atoms with Gasteiger partial charge in [-0.1, -0.05) is 46.1 Å². The Labute approximate surface area is 222 Å². The molecule has 0 spiro atoms. The van der Waals surface area contributed by atoms with Crippen molar-refractivity contribution in [3.63, 3.8) is 0 Å². The fourth-order valence-electron chi connectivity index (χ4n) is 4.22. The summed E-state index contributed by atoms with van der Waals surface area (Å²) in [7, 11) is 0. The molecule has 38 heavy (non-hydrogen) atoms. The highest BCUT2D eigenvalue weighted by atomic mass is 16.6. The molecule has 1 aromatic carbocycles. The van der Waals surface area contributed by atoms with Crippen LogP contribution < -0.4 is 10.6 Å². The van der Waals surface area contributed by atoms with Gasteiger partial charge >= 0.3 is 17.9 Å². The van der Waals surface area contributed by atoms with Crippen molar-refractivity contribution in [1.29, 1.82) is 0 Å². The Morgan fingerprint density at radius 1 is 1.11 bits per heavy atom. The predicted molar refractivity (Wildman–Crippen MR) is 137 cm³/mol. The van der Waals surface area contributed by atoms with Crippen LogP contribution >= 0.6 is 0 Å². The number of hydrogen-bond acceptors (Lipinski definition) is 9. The van der Waals surface area contributed by atoms with Crippen molar-refractivity contribution in [2.45, 2.75) is 91.1 Å². The number of esters is 3. The first kappa shape index (κ1) is 30.6. The summed E-state index contributed by atoms with van der Waals surface area (Å²) in [6.07, 6.45) is 0.0639. The van der Waals surface area contributed by atoms with Crippen LogP contribution in [-0.4, -0.2) is 59.7 Å². The van der Waals surface area contributed by atoms with Gasteiger partial charge < -0.3 is 30.0 Å². The van der Waals surface area contributed by atoms with Crippen LogP contribution in [0.5, 0.6) is 5.75 Å². The molecule has 0 aliphatic carbocycles. The lowest BCUT2D eigenvalue weighted by Crippen LogP contribution is -2.50. The number of hydrogen-bond donors (Lipinski definition) is 3. The van der Waals surface area contributed by atoms with Crippen LogP contribution in [0.4, 0.5) is 5.69 Å². The normalized spacial score (nSPS) is 23.8. The first-order valence-corrected chi connectivity index (χ1v) is 12.9. The van der Waals surface area contributed by atoms with Gasteiger partial charge in [-0.15, -0.1) is 0 Å². The van der Waals surface area contributed by atoms with E-state index in [2.05, 4.69) is 10.6 Å². The Hall–Kier alpha value is -3.63. The molecule has 5 atom stereocenters. The van der Waals surface area contributed by atoms with E-state index < -0.39 is 59.8 Å². The zero-order chi connectivity index (χ0) is 28.4. The number of rotatable bonds is 11. The number of amides is 2. The van der Waals surface area contributed by atoms with Gasteiger partial charge in [-0.3, -0.25) is 19.2 Å². The topological polar surface area (TPSA) is 157 Å². The van der Waals surface area contributed by atoms with Crippen LogP contribution in [0.15, 0.2) is 18.2 Å². The third kappa shape index (κ3) is 8.19. The Bertz CT molecular complexity index is 1010. The molecular weight excluding hydrogens is 496 g/mol. The number of cyclic esters (lactones) is 2. The molecule has 3 N–H and O–H groups in total. The van der Waals surface area contributed by atoms with E-state index in [9.17, 15) is 29.1 Å². The number of ether oxygens (including phenoxy) is 3. The average Bonchev–Trinajstić information content (AvgIpc) is 2.86. The minimum Gasteiger partial charge on any atom is -0.505 e. The standard InChI is InChI=1S/C27H38N2O9/c1-6-7-8-10-19-24(38-21(31)13-15(2)3)17(5)37-27(35)22(16(4)36-26(19)34)29-25(33)18-11-9-12-20(23(18)32)28-14-30/h9,11-12,14-17,19,22,24,32H,6-8,10,13H2,1-5H3,(H,28,30)(H,29,33)/t16-,17?,19?,22-,24?/m1/s1. The van der Waals surface area contributed by atoms with E-state index in [1.165, 1.54) is 32.0 Å². The second-order valence-corrected chi connectivity index (χ2v) is 9.85. The predicted octanol–water partition coefficient (Wildman–Crippen LogP) is 3.09. The maximum Gasteiger partial charge on any atom is 0.332 e. The molecule has 0 saturated carbocycles. The molecule has 3 unspecified atom stereocenters. The third-order valence-corrected chi connectivity index (χ3v) is 6.23. The molecule has 1 heterocycles. The zero-order valence-electron chi connectivity index (χ0n) is 22.5. The average molecular weight is 535 g/mol. The zero-order valence-corrected chi connectivity index (χ0v) is 22.5. The monoisotopic (exact) mass is 534 g/mol. The Morgan fingerprint density at radius 3 is 2.42 bits per heavy atom. The van der Waals surface area contributed by atoms with Gasteiger partial charge in [-0.25, -0.2) is 4.79 Å². The highest BCUT2D eigenvalue weighted by Crippen LogP contribution is 2.29. The summed E-state index contributed by atoms with van der Waals surface area (Å²) in [6, 6.07) is 2.71. The van der Waals surface area contributed by atoms with Gasteiger partial charge in [0.05, 0.1) is 17.2 Å². The Kier molecular flexibility index (Phi) is 11.5. The van der Waals surface area contributed by atoms with Crippen LogP contribution in [0.3, 0.4) is 0 Å². The van der Waals surface area contributed by atoms with Gasteiger partial charge in [0.25, 0.3) is 5.91 Å². The maximum atomic E-state index is 13.3. The highest BCUT2D eigenvalue weighted by Gasteiger charge is 2.43. The van der Waals surface area contributed by atoms with E-state index in [0.717, 1.165) is 12.8 Å². The molecule has 11 heteroatoms. The molecule has 0 radical (unpaired) electrons. The number of carbonyl (C=O) groups is 5. The molecular formula is C27H38N2O9. The van der Waals surface area contributed by atoms with Crippen LogP contribution in [0.25, 0.3) is 0 Å². The van der Waals surface area contributed by atoms with Gasteiger partial charge in [0.15, 0.2) is 17.9 Å². The van der Waals surface area contributed by atoms with Crippen molar-refractivity contribution in [3.05, 3.63) is 23.8 Å². The molecule has 11 nitrogen and oxygen atoms in total. The number of benzene rings is 1. The van der Waals surface area contributed by atoms with E-state index in [4.69, 9.17) is 14.2 Å². The Balaban J connectivity index is 2.34. The number of phenolic OH excluding ortho intramolecular Hbond substituents is 1. The van der Waals surface area contributed by atoms with Gasteiger partial charge in [0.1, 0.15) is 12.2 Å². The number of carbonyl (C=O) groups excluding carboxylic acids is 5. The minimum atomic E-state index is -1.42. The molecule has 210 valence electrons. The summed E-state index contributed by atoms with van der Waals surface area (Å²) in [5.41, 5.74) is -0.215. The van der Waals surface area contributed by atoms with Crippen molar-refractivity contribution < 1.29 is 43.3 Å². The van der Waals surface area contributed by atoms with Crippen molar-refractivity contribution in [2.24, 2.45) is 11.8 Å². The van der Waals surface area contributed by atoms with E-state index >= 15 is 0 Å². The quantitative estimate of drug-likeness (QED) is 0.128. The van der Waals surface area contributed by atoms with Crippen LogP contribution in [-0.2, 0) is 33.4 Å². The number of nitrogens with one attached hydrogen (secondary N) is 2. The molecule has 1 fully saturated rings. The number of para-hydroxylation sites is 1. The fourth-order valence-corrected chi connectivity index (χ4v) is 4.22. The van der Waals surface area contributed by atoms with Crippen molar-refractivity contribution in [2.75, 3.05) is 5.32 Å². The summed E-state index contributed by atoms with van der Waals surface area (Å²) in [5, 5.41) is 15.1. The van der Waals surface area contributed by atoms with Gasteiger partial charge in [0, 0.05) is 6.42 Å². The molecule has 1 aliphatic heterocycles. The number of aromatic hydroxyl groups is 1. The Morgan fingerprint density at radius 2 is 1.79 bits per heavy atom. The SMILES string of the molecule is CCCCCC1C(=O)O[C@H](C)[C@@H](NC(=O)c2cccc(NC=O)c2O)C(=O)OC(C)C1OC(=O)CC(C)C. The van der Waals surface area contributed by atoms with E-state index in [1.54, 1.807) is 0 Å². The lowest BCUT2D eigenvalue weighted by atomic mass is 9.92. The summed E-state index contributed by atoms with van der Waals surface area (Å²) in [6.45, 7) is 8.70. The number of anilines is 1. The summed E-state index contributed by atoms with van der Waals surface area (Å²) in [5.74, 6) is -4.27. The van der Waals surface area contributed by atoms with Crippen molar-refractivity contribution >= 4 is 35.9 Å². The summed E-state index contributed by atoms with van der Waals surface area (Å²) < 4.78 is 16.9. The van der Waals surface area contributed by atoms with Crippen LogP contribution in [0.2, 0.25) is 0 Å². The van der Waals surface area contributed by atoms with Gasteiger partial charge in [-0.2, -0.15) is 0 Å². The van der Waals surface area contributed by atoms with Crippen molar-refractivity contribution in [3.8, 4) is 5.75 Å².